The highest BCUT2D eigenvalue weighted by molar-refractivity contribution is 6.06. The first-order chi connectivity index (χ1) is 8.99. The van der Waals surface area contributed by atoms with E-state index >= 15 is 0 Å². The van der Waals surface area contributed by atoms with Crippen LogP contribution < -0.4 is 11.1 Å². The number of nitrogens with two attached hydrogens (primary N) is 1. The van der Waals surface area contributed by atoms with Crippen LogP contribution in [0.5, 0.6) is 5.75 Å². The molecule has 1 amide bonds. The second-order valence-corrected chi connectivity index (χ2v) is 4.37. The summed E-state index contributed by atoms with van der Waals surface area (Å²) in [4.78, 5) is 15.8. The third kappa shape index (κ3) is 2.65. The molecule has 1 aromatic heterocycles. The second-order valence-electron chi connectivity index (χ2n) is 4.37. The van der Waals surface area contributed by atoms with Crippen LogP contribution in [0.25, 0.3) is 0 Å². The zero-order chi connectivity index (χ0) is 14.0. The number of carbonyl (C=O) groups is 1. The van der Waals surface area contributed by atoms with E-state index in [1.807, 2.05) is 19.9 Å². The first-order valence-corrected chi connectivity index (χ1v) is 5.80. The molecule has 1 heterocycles. The molecule has 0 aliphatic carbocycles. The number of carbonyl (C=O) groups excluding carboxylic acids is 1. The first-order valence-electron chi connectivity index (χ1n) is 5.80. The van der Waals surface area contributed by atoms with Crippen LogP contribution in [-0.4, -0.2) is 16.0 Å². The van der Waals surface area contributed by atoms with Gasteiger partial charge in [0.05, 0.1) is 11.8 Å². The van der Waals surface area contributed by atoms with E-state index in [1.165, 1.54) is 18.5 Å². The van der Waals surface area contributed by atoms with Gasteiger partial charge in [-0.2, -0.15) is 0 Å². The minimum atomic E-state index is -0.397. The molecule has 4 N–H and O–H groups in total. The molecular weight excluding hydrogens is 242 g/mol. The summed E-state index contributed by atoms with van der Waals surface area (Å²) in [6.45, 7) is 3.79. The SMILES string of the molecule is Cc1cc(C)c(NC(=O)c2ccncc2O)cc1N. The summed E-state index contributed by atoms with van der Waals surface area (Å²) in [5.41, 5.74) is 9.11. The van der Waals surface area contributed by atoms with Crippen LogP contribution in [0.15, 0.2) is 30.6 Å². The lowest BCUT2D eigenvalue weighted by Crippen LogP contribution is -2.13. The fourth-order valence-electron chi connectivity index (χ4n) is 1.77. The zero-order valence-corrected chi connectivity index (χ0v) is 10.8. The highest BCUT2D eigenvalue weighted by atomic mass is 16.3. The van der Waals surface area contributed by atoms with E-state index < -0.39 is 5.91 Å². The molecule has 0 bridgehead atoms. The van der Waals surface area contributed by atoms with Gasteiger partial charge in [-0.15, -0.1) is 0 Å². The summed E-state index contributed by atoms with van der Waals surface area (Å²) in [6.07, 6.45) is 2.68. The summed E-state index contributed by atoms with van der Waals surface area (Å²) in [7, 11) is 0. The third-order valence-electron chi connectivity index (χ3n) is 2.91. The molecule has 0 saturated carbocycles. The Morgan fingerprint density at radius 2 is 2.05 bits per heavy atom. The Balaban J connectivity index is 2.30. The van der Waals surface area contributed by atoms with Crippen molar-refractivity contribution in [1.82, 2.24) is 4.98 Å². The summed E-state index contributed by atoms with van der Waals surface area (Å²) >= 11 is 0. The molecule has 0 aliphatic rings. The van der Waals surface area contributed by atoms with E-state index in [4.69, 9.17) is 5.73 Å². The fourth-order valence-corrected chi connectivity index (χ4v) is 1.77. The topological polar surface area (TPSA) is 88.2 Å². The highest BCUT2D eigenvalue weighted by Gasteiger charge is 2.12. The largest absolute Gasteiger partial charge is 0.505 e. The van der Waals surface area contributed by atoms with Crippen molar-refractivity contribution in [3.05, 3.63) is 47.3 Å². The fraction of sp³-hybridized carbons (Fsp3) is 0.143. The molecule has 0 radical (unpaired) electrons. The minimum Gasteiger partial charge on any atom is -0.505 e. The molecule has 0 atom stereocenters. The molecule has 5 nitrogen and oxygen atoms in total. The van der Waals surface area contributed by atoms with Crippen LogP contribution in [0.1, 0.15) is 21.5 Å². The number of rotatable bonds is 2. The lowest BCUT2D eigenvalue weighted by molar-refractivity contribution is 0.102. The van der Waals surface area contributed by atoms with E-state index in [2.05, 4.69) is 10.3 Å². The van der Waals surface area contributed by atoms with Gasteiger partial charge in [0.2, 0.25) is 0 Å². The Hall–Kier alpha value is -2.56. The van der Waals surface area contributed by atoms with Crippen molar-refractivity contribution in [2.24, 2.45) is 0 Å². The predicted octanol–water partition coefficient (Wildman–Crippen LogP) is 2.24. The third-order valence-corrected chi connectivity index (χ3v) is 2.91. The van der Waals surface area contributed by atoms with Gasteiger partial charge in [0.15, 0.2) is 0 Å². The summed E-state index contributed by atoms with van der Waals surface area (Å²) in [5, 5.41) is 12.3. The molecule has 0 spiro atoms. The predicted molar refractivity (Wildman–Crippen MR) is 74.2 cm³/mol. The van der Waals surface area contributed by atoms with Gasteiger partial charge in [-0.3, -0.25) is 9.78 Å². The summed E-state index contributed by atoms with van der Waals surface area (Å²) in [6, 6.07) is 5.07. The normalized spacial score (nSPS) is 10.2. The number of pyridine rings is 1. The van der Waals surface area contributed by atoms with E-state index in [-0.39, 0.29) is 11.3 Å². The number of hydrogen-bond donors (Lipinski definition) is 3. The highest BCUT2D eigenvalue weighted by Crippen LogP contribution is 2.24. The molecule has 0 unspecified atom stereocenters. The van der Waals surface area contributed by atoms with Crippen molar-refractivity contribution in [2.75, 3.05) is 11.1 Å². The number of aromatic hydroxyl groups is 1. The van der Waals surface area contributed by atoms with Crippen molar-refractivity contribution in [1.29, 1.82) is 0 Å². The van der Waals surface area contributed by atoms with Crippen LogP contribution in [0, 0.1) is 13.8 Å². The van der Waals surface area contributed by atoms with Gasteiger partial charge in [0.1, 0.15) is 5.75 Å². The van der Waals surface area contributed by atoms with E-state index in [9.17, 15) is 9.90 Å². The smallest absolute Gasteiger partial charge is 0.259 e. The maximum Gasteiger partial charge on any atom is 0.259 e. The van der Waals surface area contributed by atoms with Crippen LogP contribution in [0.4, 0.5) is 11.4 Å². The van der Waals surface area contributed by atoms with Crippen molar-refractivity contribution < 1.29 is 9.90 Å². The number of aryl methyl sites for hydroxylation is 2. The standard InChI is InChI=1S/C14H15N3O2/c1-8-5-9(2)12(6-11(8)15)17-14(19)10-3-4-16-7-13(10)18/h3-7,18H,15H2,1-2H3,(H,17,19). The summed E-state index contributed by atoms with van der Waals surface area (Å²) < 4.78 is 0. The molecule has 1 aromatic carbocycles. The lowest BCUT2D eigenvalue weighted by Gasteiger charge is -2.11. The van der Waals surface area contributed by atoms with Gasteiger partial charge >= 0.3 is 0 Å². The molecule has 5 heteroatoms. The van der Waals surface area contributed by atoms with Gasteiger partial charge in [0.25, 0.3) is 5.91 Å². The molecule has 2 aromatic rings. The Bertz CT molecular complexity index is 639. The number of hydrogen-bond acceptors (Lipinski definition) is 4. The van der Waals surface area contributed by atoms with Gasteiger partial charge in [-0.05, 0) is 37.1 Å². The first kappa shape index (κ1) is 12.9. The van der Waals surface area contributed by atoms with Crippen molar-refractivity contribution in [3.8, 4) is 5.75 Å². The molecule has 0 fully saturated rings. The number of nitrogens with zero attached hydrogens (tertiary/aromatic N) is 1. The van der Waals surface area contributed by atoms with Crippen molar-refractivity contribution in [2.45, 2.75) is 13.8 Å². The number of anilines is 2. The van der Waals surface area contributed by atoms with E-state index in [0.29, 0.717) is 11.4 Å². The van der Waals surface area contributed by atoms with Crippen LogP contribution in [0.2, 0.25) is 0 Å². The van der Waals surface area contributed by atoms with Gasteiger partial charge in [-0.25, -0.2) is 0 Å². The number of benzene rings is 1. The average Bonchev–Trinajstić information content (AvgIpc) is 2.36. The number of aromatic nitrogens is 1. The zero-order valence-electron chi connectivity index (χ0n) is 10.8. The average molecular weight is 257 g/mol. The lowest BCUT2D eigenvalue weighted by atomic mass is 10.1. The summed E-state index contributed by atoms with van der Waals surface area (Å²) in [5.74, 6) is -0.552. The van der Waals surface area contributed by atoms with Crippen LogP contribution in [-0.2, 0) is 0 Å². The maximum atomic E-state index is 12.0. The molecular formula is C14H15N3O2. The van der Waals surface area contributed by atoms with E-state index in [1.54, 1.807) is 6.07 Å². The van der Waals surface area contributed by atoms with E-state index in [0.717, 1.165) is 11.1 Å². The molecule has 98 valence electrons. The molecule has 0 aliphatic heterocycles. The van der Waals surface area contributed by atoms with Gasteiger partial charge in [-0.1, -0.05) is 6.07 Å². The Kier molecular flexibility index (Phi) is 3.37. The number of amides is 1. The Labute approximate surface area is 111 Å². The van der Waals surface area contributed by atoms with Crippen molar-refractivity contribution >= 4 is 17.3 Å². The number of nitrogens with one attached hydrogen (secondary N) is 1. The van der Waals surface area contributed by atoms with Crippen LogP contribution in [0.3, 0.4) is 0 Å². The Morgan fingerprint density at radius 1 is 1.32 bits per heavy atom. The molecule has 19 heavy (non-hydrogen) atoms. The van der Waals surface area contributed by atoms with Gasteiger partial charge < -0.3 is 16.2 Å². The molecule has 2 rings (SSSR count). The minimum absolute atomic E-state index is 0.155. The monoisotopic (exact) mass is 257 g/mol. The molecule has 0 saturated heterocycles. The maximum absolute atomic E-state index is 12.0. The Morgan fingerprint density at radius 3 is 2.74 bits per heavy atom. The van der Waals surface area contributed by atoms with Crippen molar-refractivity contribution in [3.63, 3.8) is 0 Å². The van der Waals surface area contributed by atoms with Gasteiger partial charge in [0, 0.05) is 17.6 Å². The second kappa shape index (κ2) is 4.97. The number of nitrogen functional groups attached to an aromatic ring is 1. The quantitative estimate of drug-likeness (QED) is 0.720. The van der Waals surface area contributed by atoms with Crippen LogP contribution >= 0.6 is 0 Å².